The van der Waals surface area contributed by atoms with Gasteiger partial charge in [0.2, 0.25) is 0 Å². The van der Waals surface area contributed by atoms with Gasteiger partial charge in [-0.05, 0) is 35.6 Å². The Hall–Kier alpha value is -2.73. The first-order valence-corrected chi connectivity index (χ1v) is 10.3. The van der Waals surface area contributed by atoms with Crippen molar-refractivity contribution in [1.82, 2.24) is 45.6 Å². The fourth-order valence-electron chi connectivity index (χ4n) is 4.10. The molecule has 1 saturated heterocycles. The molecule has 4 heterocycles. The number of aromatic nitrogens is 9. The van der Waals surface area contributed by atoms with Crippen LogP contribution in [-0.2, 0) is 5.41 Å². The van der Waals surface area contributed by atoms with Crippen molar-refractivity contribution in [2.24, 2.45) is 5.92 Å². The maximum atomic E-state index is 10.3. The van der Waals surface area contributed by atoms with E-state index in [1.54, 1.807) is 4.68 Å². The van der Waals surface area contributed by atoms with Crippen LogP contribution in [0.25, 0.3) is 11.2 Å². The van der Waals surface area contributed by atoms with Gasteiger partial charge in [0.25, 0.3) is 0 Å². The first-order chi connectivity index (χ1) is 14.4. The van der Waals surface area contributed by atoms with Crippen LogP contribution < -0.4 is 4.90 Å². The quantitative estimate of drug-likeness (QED) is 0.518. The van der Waals surface area contributed by atoms with Crippen molar-refractivity contribution in [2.75, 3.05) is 18.1 Å². The highest BCUT2D eigenvalue weighted by molar-refractivity contribution is 5.83. The number of fused-ring (bicyclic) bond motifs is 1. The Bertz CT molecular complexity index is 1040. The van der Waals surface area contributed by atoms with Crippen LogP contribution in [0.2, 0.25) is 0 Å². The van der Waals surface area contributed by atoms with Gasteiger partial charge in [0.05, 0.1) is 18.8 Å². The van der Waals surface area contributed by atoms with Gasteiger partial charge in [0, 0.05) is 12.0 Å². The number of nitrogens with zero attached hydrogens (tertiary/aromatic N) is 9. The van der Waals surface area contributed by atoms with Crippen molar-refractivity contribution >= 4 is 17.0 Å². The zero-order chi connectivity index (χ0) is 21.0. The molecule has 5 rings (SSSR count). The van der Waals surface area contributed by atoms with Crippen LogP contribution in [0.5, 0.6) is 0 Å². The number of aromatic amines is 1. The zero-order valence-corrected chi connectivity index (χ0v) is 17.3. The molecule has 160 valence electrons. The molecule has 30 heavy (non-hydrogen) atoms. The minimum absolute atomic E-state index is 0.167. The lowest BCUT2D eigenvalue weighted by atomic mass is 9.95. The molecule has 3 N–H and O–H groups in total. The van der Waals surface area contributed by atoms with Gasteiger partial charge >= 0.3 is 0 Å². The van der Waals surface area contributed by atoms with Crippen LogP contribution in [0.1, 0.15) is 57.7 Å². The summed E-state index contributed by atoms with van der Waals surface area (Å²) in [4.78, 5) is 11.6. The number of nitrogens with one attached hydrogen (secondary N) is 1. The lowest BCUT2D eigenvalue weighted by Gasteiger charge is -2.27. The molecule has 1 aliphatic carbocycles. The second kappa shape index (κ2) is 6.91. The van der Waals surface area contributed by atoms with E-state index in [1.807, 2.05) is 25.7 Å². The number of H-pyrrole nitrogens is 1. The normalized spacial score (nSPS) is 23.4. The summed E-state index contributed by atoms with van der Waals surface area (Å²) in [6.45, 7) is 6.56. The number of hydrogen-bond donors (Lipinski definition) is 3. The molecule has 2 fully saturated rings. The molecule has 3 atom stereocenters. The predicted octanol–water partition coefficient (Wildman–Crippen LogP) is -0.0368. The first kappa shape index (κ1) is 19.2. The number of hydrogen-bond acceptors (Lipinski definition) is 10. The summed E-state index contributed by atoms with van der Waals surface area (Å²) in [5.74, 6) is 2.24. The smallest absolute Gasteiger partial charge is 0.184 e. The van der Waals surface area contributed by atoms with Crippen LogP contribution in [0.15, 0.2) is 0 Å². The largest absolute Gasteiger partial charge is 0.394 e. The molecule has 0 spiro atoms. The summed E-state index contributed by atoms with van der Waals surface area (Å²) in [6.07, 6.45) is 2.06. The summed E-state index contributed by atoms with van der Waals surface area (Å²) >= 11 is 0. The number of rotatable bonds is 5. The SMILES string of the molecule is CC(C)(C)c1nc(N2CC[C@H](O)[C@@H]2CO)c2nnn(C(c3nnn[nH]3)C3CC3)c2n1. The average molecular weight is 414 g/mol. The Morgan fingerprint density at radius 2 is 1.97 bits per heavy atom. The third-order valence-corrected chi connectivity index (χ3v) is 5.92. The molecule has 3 aromatic rings. The van der Waals surface area contributed by atoms with Crippen molar-refractivity contribution in [3.05, 3.63) is 11.6 Å². The summed E-state index contributed by atoms with van der Waals surface area (Å²) < 4.78 is 1.79. The molecular formula is C18H26N10O2. The molecule has 12 heteroatoms. The minimum atomic E-state index is -0.618. The molecule has 0 aromatic carbocycles. The Balaban J connectivity index is 1.70. The third kappa shape index (κ3) is 3.10. The molecule has 0 bridgehead atoms. The number of anilines is 1. The van der Waals surface area contributed by atoms with Gasteiger partial charge in [-0.3, -0.25) is 0 Å². The zero-order valence-electron chi connectivity index (χ0n) is 17.3. The van der Waals surface area contributed by atoms with Crippen molar-refractivity contribution in [3.8, 4) is 0 Å². The van der Waals surface area contributed by atoms with Crippen molar-refractivity contribution in [3.63, 3.8) is 0 Å². The maximum absolute atomic E-state index is 10.3. The molecule has 2 aliphatic rings. The van der Waals surface area contributed by atoms with Gasteiger partial charge in [0.1, 0.15) is 11.9 Å². The van der Waals surface area contributed by atoms with E-state index in [1.165, 1.54) is 0 Å². The van der Waals surface area contributed by atoms with Crippen molar-refractivity contribution in [1.29, 1.82) is 0 Å². The van der Waals surface area contributed by atoms with E-state index in [-0.39, 0.29) is 18.1 Å². The Kier molecular flexibility index (Phi) is 4.43. The van der Waals surface area contributed by atoms with Gasteiger partial charge < -0.3 is 15.1 Å². The van der Waals surface area contributed by atoms with Crippen LogP contribution in [0, 0.1) is 5.92 Å². The molecule has 3 aromatic heterocycles. The predicted molar refractivity (Wildman–Crippen MR) is 106 cm³/mol. The molecule has 12 nitrogen and oxygen atoms in total. The van der Waals surface area contributed by atoms with Gasteiger partial charge in [-0.15, -0.1) is 10.2 Å². The van der Waals surface area contributed by atoms with Crippen molar-refractivity contribution in [2.45, 2.75) is 63.6 Å². The molecular weight excluding hydrogens is 388 g/mol. The lowest BCUT2D eigenvalue weighted by Crippen LogP contribution is -2.39. The van der Waals surface area contributed by atoms with E-state index >= 15 is 0 Å². The second-order valence-electron chi connectivity index (χ2n) is 9.20. The average Bonchev–Trinajstić information content (AvgIpc) is 3.09. The summed E-state index contributed by atoms with van der Waals surface area (Å²) in [6, 6.07) is -0.614. The summed E-state index contributed by atoms with van der Waals surface area (Å²) in [5, 5.41) is 43.5. The number of aliphatic hydroxyl groups is 2. The summed E-state index contributed by atoms with van der Waals surface area (Å²) in [5.41, 5.74) is 0.846. The van der Waals surface area contributed by atoms with Crippen LogP contribution in [0.4, 0.5) is 5.82 Å². The highest BCUT2D eigenvalue weighted by Gasteiger charge is 2.40. The topological polar surface area (TPSA) is 155 Å². The highest BCUT2D eigenvalue weighted by atomic mass is 16.3. The minimum Gasteiger partial charge on any atom is -0.394 e. The van der Waals surface area contributed by atoms with E-state index in [2.05, 4.69) is 30.9 Å². The van der Waals surface area contributed by atoms with E-state index in [0.717, 1.165) is 12.8 Å². The third-order valence-electron chi connectivity index (χ3n) is 5.92. The first-order valence-electron chi connectivity index (χ1n) is 10.3. The Morgan fingerprint density at radius 3 is 2.60 bits per heavy atom. The lowest BCUT2D eigenvalue weighted by molar-refractivity contribution is 0.128. The van der Waals surface area contributed by atoms with E-state index < -0.39 is 12.1 Å². The number of aliphatic hydroxyl groups excluding tert-OH is 2. The molecule has 0 radical (unpaired) electrons. The fraction of sp³-hybridized carbons (Fsp3) is 0.722. The van der Waals surface area contributed by atoms with Crippen LogP contribution >= 0.6 is 0 Å². The Labute approximate surface area is 172 Å². The Morgan fingerprint density at radius 1 is 1.17 bits per heavy atom. The maximum Gasteiger partial charge on any atom is 0.184 e. The number of tetrazole rings is 1. The highest BCUT2D eigenvalue weighted by Crippen LogP contribution is 2.43. The standard InChI is InChI=1S/C18H26N10O2/c1-18(2,3)17-19-15(27-7-6-11(30)10(27)8-29)12-16(20-17)28(26-21-12)13(9-4-5-9)14-22-24-25-23-14/h9-11,13,29-30H,4-8H2,1-3H3,(H,22,23,24,25)/t10-,11-,13?/m0/s1. The van der Waals surface area contributed by atoms with Crippen molar-refractivity contribution < 1.29 is 10.2 Å². The van der Waals surface area contributed by atoms with E-state index in [9.17, 15) is 10.2 Å². The monoisotopic (exact) mass is 414 g/mol. The van der Waals surface area contributed by atoms with Gasteiger partial charge in [-0.25, -0.2) is 19.7 Å². The van der Waals surface area contributed by atoms with Gasteiger partial charge in [-0.2, -0.15) is 0 Å². The molecule has 1 aliphatic heterocycles. The fourth-order valence-corrected chi connectivity index (χ4v) is 4.10. The molecule has 1 unspecified atom stereocenters. The van der Waals surface area contributed by atoms with Crippen LogP contribution in [0.3, 0.4) is 0 Å². The van der Waals surface area contributed by atoms with Gasteiger partial charge in [-0.1, -0.05) is 26.0 Å². The van der Waals surface area contributed by atoms with Gasteiger partial charge in [0.15, 0.2) is 22.8 Å². The summed E-state index contributed by atoms with van der Waals surface area (Å²) in [7, 11) is 0. The molecule has 1 saturated carbocycles. The second-order valence-corrected chi connectivity index (χ2v) is 9.20. The van der Waals surface area contributed by atoms with E-state index in [0.29, 0.717) is 47.5 Å². The van der Waals surface area contributed by atoms with E-state index in [4.69, 9.17) is 9.97 Å². The molecule has 0 amide bonds. The van der Waals surface area contributed by atoms with Crippen LogP contribution in [-0.4, -0.2) is 81.1 Å².